The van der Waals surface area contributed by atoms with Gasteiger partial charge in [0.05, 0.1) is 0 Å². The Morgan fingerprint density at radius 1 is 1.50 bits per heavy atom. The van der Waals surface area contributed by atoms with Crippen LogP contribution in [-0.4, -0.2) is 36.0 Å². The molecule has 1 aliphatic heterocycles. The Bertz CT molecular complexity index is 105. The SMILES string of the molecule is CSC1CCCN(C)C1C. The van der Waals surface area contributed by atoms with Gasteiger partial charge in [-0.25, -0.2) is 0 Å². The molecule has 1 rings (SSSR count). The van der Waals surface area contributed by atoms with E-state index in [4.69, 9.17) is 0 Å². The number of piperidine rings is 1. The third kappa shape index (κ3) is 1.67. The molecule has 1 nitrogen and oxygen atoms in total. The zero-order valence-corrected chi connectivity index (χ0v) is 7.95. The molecular formula is C8H17NS. The van der Waals surface area contributed by atoms with Gasteiger partial charge in [0.2, 0.25) is 0 Å². The van der Waals surface area contributed by atoms with Crippen molar-refractivity contribution in [2.24, 2.45) is 0 Å². The molecule has 1 fully saturated rings. The molecule has 0 aromatic carbocycles. The summed E-state index contributed by atoms with van der Waals surface area (Å²) in [6, 6.07) is 0.781. The number of rotatable bonds is 1. The van der Waals surface area contributed by atoms with Crippen molar-refractivity contribution in [3.8, 4) is 0 Å². The van der Waals surface area contributed by atoms with Gasteiger partial charge in [-0.2, -0.15) is 11.8 Å². The molecule has 0 aromatic rings. The quantitative estimate of drug-likeness (QED) is 0.574. The lowest BCUT2D eigenvalue weighted by atomic mass is 10.0. The van der Waals surface area contributed by atoms with E-state index in [9.17, 15) is 0 Å². The van der Waals surface area contributed by atoms with Crippen LogP contribution in [0.4, 0.5) is 0 Å². The van der Waals surface area contributed by atoms with Gasteiger partial charge in [-0.1, -0.05) is 0 Å². The summed E-state index contributed by atoms with van der Waals surface area (Å²) in [5, 5.41) is 0.874. The molecule has 2 unspecified atom stereocenters. The predicted molar refractivity (Wildman–Crippen MR) is 48.6 cm³/mol. The van der Waals surface area contributed by atoms with E-state index in [-0.39, 0.29) is 0 Å². The van der Waals surface area contributed by atoms with E-state index in [0.717, 1.165) is 11.3 Å². The minimum absolute atomic E-state index is 0.781. The number of thioether (sulfide) groups is 1. The maximum atomic E-state index is 2.46. The molecule has 1 heterocycles. The van der Waals surface area contributed by atoms with Gasteiger partial charge in [0.25, 0.3) is 0 Å². The molecule has 0 saturated carbocycles. The molecule has 0 N–H and O–H groups in total. The summed E-state index contributed by atoms with van der Waals surface area (Å²) in [6.07, 6.45) is 5.01. The van der Waals surface area contributed by atoms with Gasteiger partial charge < -0.3 is 4.90 Å². The summed E-state index contributed by atoms with van der Waals surface area (Å²) in [5.74, 6) is 0. The van der Waals surface area contributed by atoms with E-state index >= 15 is 0 Å². The third-order valence-electron chi connectivity index (χ3n) is 2.54. The van der Waals surface area contributed by atoms with E-state index < -0.39 is 0 Å². The summed E-state index contributed by atoms with van der Waals surface area (Å²) >= 11 is 2.02. The van der Waals surface area contributed by atoms with E-state index in [0.29, 0.717) is 0 Å². The van der Waals surface area contributed by atoms with Crippen molar-refractivity contribution in [2.45, 2.75) is 31.1 Å². The topological polar surface area (TPSA) is 3.24 Å². The van der Waals surface area contributed by atoms with Gasteiger partial charge in [0, 0.05) is 11.3 Å². The van der Waals surface area contributed by atoms with Crippen molar-refractivity contribution in [1.29, 1.82) is 0 Å². The van der Waals surface area contributed by atoms with Gasteiger partial charge >= 0.3 is 0 Å². The van der Waals surface area contributed by atoms with Crippen molar-refractivity contribution in [3.63, 3.8) is 0 Å². The van der Waals surface area contributed by atoms with Gasteiger partial charge in [-0.3, -0.25) is 0 Å². The first-order valence-electron chi connectivity index (χ1n) is 3.98. The van der Waals surface area contributed by atoms with Crippen LogP contribution >= 0.6 is 11.8 Å². The molecular weight excluding hydrogens is 142 g/mol. The number of likely N-dealkylation sites (tertiary alicyclic amines) is 1. The first-order valence-corrected chi connectivity index (χ1v) is 5.27. The second-order valence-corrected chi connectivity index (χ2v) is 4.21. The molecule has 0 amide bonds. The van der Waals surface area contributed by atoms with E-state index in [1.807, 2.05) is 11.8 Å². The molecule has 0 aliphatic carbocycles. The molecule has 1 aliphatic rings. The summed E-state index contributed by atoms with van der Waals surface area (Å²) < 4.78 is 0. The first-order chi connectivity index (χ1) is 4.75. The highest BCUT2D eigenvalue weighted by Crippen LogP contribution is 2.24. The van der Waals surface area contributed by atoms with Gasteiger partial charge in [0.1, 0.15) is 0 Å². The Kier molecular flexibility index (Phi) is 3.05. The van der Waals surface area contributed by atoms with Crippen molar-refractivity contribution < 1.29 is 0 Å². The van der Waals surface area contributed by atoms with Crippen molar-refractivity contribution in [2.75, 3.05) is 19.8 Å². The standard InChI is InChI=1S/C8H17NS/c1-7-8(10-3)5-4-6-9(7)2/h7-8H,4-6H2,1-3H3. The fraction of sp³-hybridized carbons (Fsp3) is 1.00. The highest BCUT2D eigenvalue weighted by atomic mass is 32.2. The summed E-state index contributed by atoms with van der Waals surface area (Å²) in [5.41, 5.74) is 0. The Morgan fingerprint density at radius 3 is 2.70 bits per heavy atom. The lowest BCUT2D eigenvalue weighted by Crippen LogP contribution is -2.42. The molecule has 0 radical (unpaired) electrons. The van der Waals surface area contributed by atoms with Crippen molar-refractivity contribution in [1.82, 2.24) is 4.90 Å². The summed E-state index contributed by atoms with van der Waals surface area (Å²) in [6.45, 7) is 3.62. The fourth-order valence-corrected chi connectivity index (χ4v) is 2.59. The molecule has 2 heteroatoms. The average molecular weight is 159 g/mol. The summed E-state index contributed by atoms with van der Waals surface area (Å²) in [4.78, 5) is 2.46. The predicted octanol–water partition coefficient (Wildman–Crippen LogP) is 1.83. The minimum atomic E-state index is 0.781. The lowest BCUT2D eigenvalue weighted by molar-refractivity contribution is 0.207. The normalized spacial score (nSPS) is 36.3. The highest BCUT2D eigenvalue weighted by Gasteiger charge is 2.23. The monoisotopic (exact) mass is 159 g/mol. The Morgan fingerprint density at radius 2 is 2.20 bits per heavy atom. The average Bonchev–Trinajstić information content (AvgIpc) is 1.95. The zero-order valence-electron chi connectivity index (χ0n) is 7.13. The van der Waals surface area contributed by atoms with Crippen LogP contribution in [0, 0.1) is 0 Å². The van der Waals surface area contributed by atoms with E-state index in [1.54, 1.807) is 0 Å². The van der Waals surface area contributed by atoms with E-state index in [1.165, 1.54) is 19.4 Å². The van der Waals surface area contributed by atoms with Crippen LogP contribution in [0.3, 0.4) is 0 Å². The highest BCUT2D eigenvalue weighted by molar-refractivity contribution is 7.99. The second kappa shape index (κ2) is 3.63. The van der Waals surface area contributed by atoms with Crippen LogP contribution < -0.4 is 0 Å². The molecule has 0 spiro atoms. The fourth-order valence-electron chi connectivity index (χ4n) is 1.59. The van der Waals surface area contributed by atoms with Crippen LogP contribution in [0.5, 0.6) is 0 Å². The van der Waals surface area contributed by atoms with Crippen LogP contribution in [-0.2, 0) is 0 Å². The smallest absolute Gasteiger partial charge is 0.0198 e. The maximum Gasteiger partial charge on any atom is 0.0198 e. The molecule has 10 heavy (non-hydrogen) atoms. The van der Waals surface area contributed by atoms with Crippen molar-refractivity contribution >= 4 is 11.8 Å². The van der Waals surface area contributed by atoms with Crippen LogP contribution in [0.25, 0.3) is 0 Å². The number of hydrogen-bond acceptors (Lipinski definition) is 2. The molecule has 0 bridgehead atoms. The molecule has 60 valence electrons. The van der Waals surface area contributed by atoms with Crippen LogP contribution in [0.2, 0.25) is 0 Å². The maximum absolute atomic E-state index is 2.46. The summed E-state index contributed by atoms with van der Waals surface area (Å²) in [7, 11) is 2.23. The molecule has 0 aromatic heterocycles. The first kappa shape index (κ1) is 8.41. The second-order valence-electron chi connectivity index (χ2n) is 3.14. The van der Waals surface area contributed by atoms with Gasteiger partial charge in [-0.15, -0.1) is 0 Å². The minimum Gasteiger partial charge on any atom is -0.303 e. The number of hydrogen-bond donors (Lipinski definition) is 0. The molecule has 2 atom stereocenters. The number of nitrogens with zero attached hydrogens (tertiary/aromatic N) is 1. The largest absolute Gasteiger partial charge is 0.303 e. The van der Waals surface area contributed by atoms with Crippen LogP contribution in [0.1, 0.15) is 19.8 Å². The zero-order chi connectivity index (χ0) is 7.56. The van der Waals surface area contributed by atoms with E-state index in [2.05, 4.69) is 25.1 Å². The lowest BCUT2D eigenvalue weighted by Gasteiger charge is -2.35. The Balaban J connectivity index is 2.42. The van der Waals surface area contributed by atoms with Gasteiger partial charge in [-0.05, 0) is 39.6 Å². The van der Waals surface area contributed by atoms with Crippen molar-refractivity contribution in [3.05, 3.63) is 0 Å². The molecule has 1 saturated heterocycles. The Hall–Kier alpha value is 0.310. The van der Waals surface area contributed by atoms with Gasteiger partial charge in [0.15, 0.2) is 0 Å². The third-order valence-corrected chi connectivity index (χ3v) is 3.77. The van der Waals surface area contributed by atoms with Crippen LogP contribution in [0.15, 0.2) is 0 Å². The Labute approximate surface area is 68.2 Å².